The summed E-state index contributed by atoms with van der Waals surface area (Å²) >= 11 is 20.4. The van der Waals surface area contributed by atoms with Gasteiger partial charge in [-0.2, -0.15) is 0 Å². The smallest absolute Gasteiger partial charge is 0.0947 e. The number of thiophene rings is 2. The Morgan fingerprint density at radius 1 is 1.19 bits per heavy atom. The summed E-state index contributed by atoms with van der Waals surface area (Å²) in [5, 5.41) is -0.0908. The first-order valence-electron chi connectivity index (χ1n) is 4.33. The highest BCUT2D eigenvalue weighted by molar-refractivity contribution is 9.12. The Hall–Kier alpha value is 1.13. The molecule has 0 aliphatic rings. The largest absolute Gasteiger partial charge is 0.143 e. The van der Waals surface area contributed by atoms with Crippen LogP contribution in [0, 0.1) is 6.92 Å². The fraction of sp³-hybridized carbons (Fsp3) is 0.200. The number of hydrogen-bond acceptors (Lipinski definition) is 2. The van der Waals surface area contributed by atoms with Crippen LogP contribution >= 0.6 is 82.1 Å². The second kappa shape index (κ2) is 5.41. The van der Waals surface area contributed by atoms with Crippen molar-refractivity contribution in [3.05, 3.63) is 39.5 Å². The molecule has 0 aromatic carbocycles. The van der Waals surface area contributed by atoms with Crippen molar-refractivity contribution in [2.24, 2.45) is 0 Å². The predicted octanol–water partition coefficient (Wildman–Crippen LogP) is 6.73. The van der Waals surface area contributed by atoms with Crippen LogP contribution in [0.25, 0.3) is 0 Å². The highest BCUT2D eigenvalue weighted by Gasteiger charge is 2.19. The Labute approximate surface area is 132 Å². The summed E-state index contributed by atoms with van der Waals surface area (Å²) in [7, 11) is 0. The molecule has 0 N–H and O–H groups in total. The molecule has 1 atom stereocenters. The molecule has 16 heavy (non-hydrogen) atoms. The summed E-state index contributed by atoms with van der Waals surface area (Å²) in [5.41, 5.74) is 1.12. The topological polar surface area (TPSA) is 0 Å². The molecule has 2 aromatic heterocycles. The zero-order valence-electron chi connectivity index (χ0n) is 8.06. The number of halogens is 4. The fourth-order valence-electron chi connectivity index (χ4n) is 1.29. The number of alkyl halides is 1. The first kappa shape index (κ1) is 13.6. The quantitative estimate of drug-likeness (QED) is 0.431. The molecule has 1 unspecified atom stereocenters. The normalized spacial score (nSPS) is 13.1. The second-order valence-corrected chi connectivity index (χ2v) is 9.52. The highest BCUT2D eigenvalue weighted by Crippen LogP contribution is 2.43. The summed E-state index contributed by atoms with van der Waals surface area (Å²) < 4.78 is 3.30. The maximum Gasteiger partial charge on any atom is 0.0947 e. The van der Waals surface area contributed by atoms with Crippen molar-refractivity contribution in [2.75, 3.05) is 0 Å². The Balaban J connectivity index is 2.38. The van der Waals surface area contributed by atoms with Gasteiger partial charge < -0.3 is 0 Å². The van der Waals surface area contributed by atoms with Crippen LogP contribution in [0.2, 0.25) is 0 Å². The molecule has 0 saturated carbocycles. The standard InChI is InChI=1S/C10H6Br3ClS2/c1-4-6(11)3-7(15-4)9(14)5-2-8(12)16-10(5)13/h2-3,9H,1H3. The Morgan fingerprint density at radius 2 is 1.88 bits per heavy atom. The van der Waals surface area contributed by atoms with Crippen molar-refractivity contribution in [1.29, 1.82) is 0 Å². The average Bonchev–Trinajstić information content (AvgIpc) is 2.70. The molecule has 0 nitrogen and oxygen atoms in total. The third-order valence-electron chi connectivity index (χ3n) is 2.08. The SMILES string of the molecule is Cc1sc(C(Cl)c2cc(Br)sc2Br)cc1Br. The summed E-state index contributed by atoms with van der Waals surface area (Å²) in [6, 6.07) is 4.16. The molecule has 0 aliphatic carbocycles. The lowest BCUT2D eigenvalue weighted by Gasteiger charge is -2.05. The van der Waals surface area contributed by atoms with Gasteiger partial charge >= 0.3 is 0 Å². The van der Waals surface area contributed by atoms with Crippen LogP contribution in [0.4, 0.5) is 0 Å². The van der Waals surface area contributed by atoms with Gasteiger partial charge in [0.2, 0.25) is 0 Å². The van der Waals surface area contributed by atoms with E-state index in [2.05, 4.69) is 66.8 Å². The van der Waals surface area contributed by atoms with Gasteiger partial charge in [0.05, 0.1) is 12.9 Å². The van der Waals surface area contributed by atoms with Crippen molar-refractivity contribution in [3.63, 3.8) is 0 Å². The summed E-state index contributed by atoms with van der Waals surface area (Å²) in [6.45, 7) is 2.08. The van der Waals surface area contributed by atoms with Gasteiger partial charge in [0.25, 0.3) is 0 Å². The molecule has 86 valence electrons. The van der Waals surface area contributed by atoms with Crippen LogP contribution in [-0.2, 0) is 0 Å². The van der Waals surface area contributed by atoms with E-state index in [4.69, 9.17) is 11.6 Å². The van der Waals surface area contributed by atoms with Gasteiger partial charge in [-0.05, 0) is 66.8 Å². The fourth-order valence-corrected chi connectivity index (χ4v) is 6.31. The van der Waals surface area contributed by atoms with Gasteiger partial charge in [-0.15, -0.1) is 34.3 Å². The maximum atomic E-state index is 6.48. The Kier molecular flexibility index (Phi) is 4.58. The lowest BCUT2D eigenvalue weighted by molar-refractivity contribution is 1.19. The zero-order chi connectivity index (χ0) is 11.9. The van der Waals surface area contributed by atoms with Crippen LogP contribution in [-0.4, -0.2) is 0 Å². The van der Waals surface area contributed by atoms with Crippen molar-refractivity contribution in [2.45, 2.75) is 12.3 Å². The van der Waals surface area contributed by atoms with E-state index in [-0.39, 0.29) is 5.38 Å². The van der Waals surface area contributed by atoms with Crippen LogP contribution in [0.15, 0.2) is 24.2 Å². The Morgan fingerprint density at radius 3 is 2.31 bits per heavy atom. The molecule has 0 radical (unpaired) electrons. The first-order chi connectivity index (χ1) is 7.49. The number of aryl methyl sites for hydroxylation is 1. The molecule has 0 amide bonds. The summed E-state index contributed by atoms with van der Waals surface area (Å²) in [6.07, 6.45) is 0. The monoisotopic (exact) mass is 462 g/mol. The summed E-state index contributed by atoms with van der Waals surface area (Å²) in [5.74, 6) is 0. The Bertz CT molecular complexity index is 499. The molecule has 0 bridgehead atoms. The first-order valence-corrected chi connectivity index (χ1v) is 8.78. The lowest BCUT2D eigenvalue weighted by atomic mass is 10.2. The van der Waals surface area contributed by atoms with E-state index in [1.54, 1.807) is 22.7 Å². The van der Waals surface area contributed by atoms with E-state index in [0.29, 0.717) is 0 Å². The van der Waals surface area contributed by atoms with E-state index in [0.717, 1.165) is 22.5 Å². The number of hydrogen-bond donors (Lipinski definition) is 0. The van der Waals surface area contributed by atoms with Crippen molar-refractivity contribution in [3.8, 4) is 0 Å². The molecule has 2 heterocycles. The molecule has 0 fully saturated rings. The molecular weight excluding hydrogens is 459 g/mol. The van der Waals surface area contributed by atoms with E-state index in [1.807, 2.05) is 0 Å². The van der Waals surface area contributed by atoms with E-state index >= 15 is 0 Å². The van der Waals surface area contributed by atoms with Crippen LogP contribution in [0.3, 0.4) is 0 Å². The molecule has 6 heteroatoms. The van der Waals surface area contributed by atoms with Gasteiger partial charge in [0.1, 0.15) is 0 Å². The number of rotatable bonds is 2. The van der Waals surface area contributed by atoms with Gasteiger partial charge in [-0.1, -0.05) is 0 Å². The maximum absolute atomic E-state index is 6.48. The van der Waals surface area contributed by atoms with Crippen molar-refractivity contribution in [1.82, 2.24) is 0 Å². The highest BCUT2D eigenvalue weighted by atomic mass is 79.9. The van der Waals surface area contributed by atoms with Gasteiger partial charge in [0, 0.05) is 19.8 Å². The molecular formula is C10H6Br3ClS2. The predicted molar refractivity (Wildman–Crippen MR) is 84.2 cm³/mol. The molecule has 0 spiro atoms. The van der Waals surface area contributed by atoms with Gasteiger partial charge in [-0.25, -0.2) is 0 Å². The van der Waals surface area contributed by atoms with Crippen molar-refractivity contribution >= 4 is 82.1 Å². The van der Waals surface area contributed by atoms with E-state index in [9.17, 15) is 0 Å². The van der Waals surface area contributed by atoms with Gasteiger partial charge in [-0.3, -0.25) is 0 Å². The molecule has 2 aromatic rings. The van der Waals surface area contributed by atoms with Crippen molar-refractivity contribution < 1.29 is 0 Å². The zero-order valence-corrected chi connectivity index (χ0v) is 15.2. The summed E-state index contributed by atoms with van der Waals surface area (Å²) in [4.78, 5) is 2.42. The van der Waals surface area contributed by atoms with Crippen LogP contribution in [0.1, 0.15) is 20.7 Å². The molecule has 2 rings (SSSR count). The lowest BCUT2D eigenvalue weighted by Crippen LogP contribution is -1.87. The van der Waals surface area contributed by atoms with E-state index in [1.165, 1.54) is 4.88 Å². The molecule has 0 saturated heterocycles. The minimum absolute atomic E-state index is 0.0908. The second-order valence-electron chi connectivity index (χ2n) is 3.20. The minimum Gasteiger partial charge on any atom is -0.143 e. The minimum atomic E-state index is -0.0908. The van der Waals surface area contributed by atoms with Gasteiger partial charge in [0.15, 0.2) is 0 Å². The van der Waals surface area contributed by atoms with Crippen LogP contribution < -0.4 is 0 Å². The van der Waals surface area contributed by atoms with Crippen LogP contribution in [0.5, 0.6) is 0 Å². The average molecular weight is 465 g/mol. The molecule has 0 aliphatic heterocycles. The third-order valence-corrected chi connectivity index (χ3v) is 7.27. The van der Waals surface area contributed by atoms with E-state index < -0.39 is 0 Å². The third kappa shape index (κ3) is 2.75.